The van der Waals surface area contributed by atoms with Crippen molar-refractivity contribution in [3.8, 4) is 0 Å². The minimum Gasteiger partial charge on any atom is -0.338 e. The van der Waals surface area contributed by atoms with Crippen LogP contribution in [0.5, 0.6) is 0 Å². The van der Waals surface area contributed by atoms with Crippen LogP contribution in [0, 0.1) is 5.92 Å². The van der Waals surface area contributed by atoms with Crippen molar-refractivity contribution >= 4 is 28.2 Å². The summed E-state index contributed by atoms with van der Waals surface area (Å²) in [6.07, 6.45) is 5.41. The number of hydrogen-bond donors (Lipinski definition) is 1. The molecule has 0 saturated carbocycles. The van der Waals surface area contributed by atoms with Crippen LogP contribution in [0.1, 0.15) is 49.9 Å². The maximum Gasteiger partial charge on any atom is 0.243 e. The molecule has 0 unspecified atom stereocenters. The normalized spacial score (nSPS) is 34.1. The molecule has 28 heavy (non-hydrogen) atoms. The van der Waals surface area contributed by atoms with Gasteiger partial charge in [0.15, 0.2) is 0 Å². The molecule has 7 heteroatoms. The van der Waals surface area contributed by atoms with E-state index in [1.54, 1.807) is 18.3 Å². The number of nitrogens with zero attached hydrogens (tertiary/aromatic N) is 3. The van der Waals surface area contributed by atoms with Crippen LogP contribution < -0.4 is 5.32 Å². The average Bonchev–Trinajstić information content (AvgIpc) is 3.39. The topological polar surface area (TPSA) is 55.9 Å². The van der Waals surface area contributed by atoms with Crippen LogP contribution >= 0.6 is 11.3 Å². The molecular formula is C21H30N4O2S. The Hall–Kier alpha value is -1.44. The van der Waals surface area contributed by atoms with E-state index < -0.39 is 0 Å². The number of rotatable bonds is 3. The summed E-state index contributed by atoms with van der Waals surface area (Å²) in [6.45, 7) is 5.69. The van der Waals surface area contributed by atoms with Crippen LogP contribution in [0.15, 0.2) is 12.1 Å². The fraction of sp³-hybridized carbons (Fsp3) is 0.714. The molecule has 1 aromatic heterocycles. The Morgan fingerprint density at radius 1 is 1.25 bits per heavy atom. The van der Waals surface area contributed by atoms with Gasteiger partial charge in [0.05, 0.1) is 5.00 Å². The van der Waals surface area contributed by atoms with Crippen LogP contribution in [0.4, 0.5) is 5.00 Å². The van der Waals surface area contributed by atoms with Gasteiger partial charge in [0.2, 0.25) is 11.8 Å². The second kappa shape index (κ2) is 6.82. The molecular weight excluding hydrogens is 372 g/mol. The van der Waals surface area contributed by atoms with E-state index in [1.807, 2.05) is 6.07 Å². The second-order valence-electron chi connectivity index (χ2n) is 9.04. The van der Waals surface area contributed by atoms with Crippen molar-refractivity contribution in [2.24, 2.45) is 5.92 Å². The van der Waals surface area contributed by atoms with Gasteiger partial charge in [-0.25, -0.2) is 0 Å². The second-order valence-corrected chi connectivity index (χ2v) is 10.2. The molecule has 0 aromatic carbocycles. The molecule has 152 valence electrons. The smallest absolute Gasteiger partial charge is 0.243 e. The lowest BCUT2D eigenvalue weighted by Gasteiger charge is -2.38. The first-order valence-corrected chi connectivity index (χ1v) is 11.4. The summed E-state index contributed by atoms with van der Waals surface area (Å²) in [5.41, 5.74) is -0.258. The number of amides is 2. The van der Waals surface area contributed by atoms with Gasteiger partial charge >= 0.3 is 0 Å². The van der Waals surface area contributed by atoms with Crippen molar-refractivity contribution in [2.75, 3.05) is 38.5 Å². The number of thiophene rings is 1. The van der Waals surface area contributed by atoms with Crippen LogP contribution in [0.3, 0.4) is 0 Å². The van der Waals surface area contributed by atoms with E-state index in [0.29, 0.717) is 23.9 Å². The molecule has 5 heterocycles. The summed E-state index contributed by atoms with van der Waals surface area (Å²) in [5, 5.41) is 3.81. The summed E-state index contributed by atoms with van der Waals surface area (Å²) in [4.78, 5) is 33.5. The molecule has 5 rings (SSSR count). The summed E-state index contributed by atoms with van der Waals surface area (Å²) in [6, 6.07) is 4.90. The molecule has 0 radical (unpaired) electrons. The Bertz CT molecular complexity index is 787. The highest BCUT2D eigenvalue weighted by Gasteiger charge is 2.65. The summed E-state index contributed by atoms with van der Waals surface area (Å²) < 4.78 is 0. The van der Waals surface area contributed by atoms with Crippen LogP contribution in [0.2, 0.25) is 0 Å². The Kier molecular flexibility index (Phi) is 4.52. The quantitative estimate of drug-likeness (QED) is 0.844. The zero-order valence-electron chi connectivity index (χ0n) is 16.8. The number of nitrogens with one attached hydrogen (secondary N) is 1. The van der Waals surface area contributed by atoms with Crippen molar-refractivity contribution in [3.05, 3.63) is 17.0 Å². The average molecular weight is 403 g/mol. The Balaban J connectivity index is 1.37. The first-order valence-electron chi connectivity index (χ1n) is 10.6. The summed E-state index contributed by atoms with van der Waals surface area (Å²) in [7, 11) is 2.18. The monoisotopic (exact) mass is 402 g/mol. The highest BCUT2D eigenvalue weighted by molar-refractivity contribution is 7.16. The first kappa shape index (κ1) is 18.6. The van der Waals surface area contributed by atoms with Crippen molar-refractivity contribution in [1.82, 2.24) is 14.7 Å². The van der Waals surface area contributed by atoms with Gasteiger partial charge in [-0.3, -0.25) is 14.5 Å². The van der Waals surface area contributed by atoms with E-state index >= 15 is 0 Å². The Morgan fingerprint density at radius 2 is 2.04 bits per heavy atom. The third kappa shape index (κ3) is 2.74. The zero-order valence-corrected chi connectivity index (χ0v) is 17.6. The number of piperidine rings is 1. The molecule has 1 spiro atoms. The molecule has 0 bridgehead atoms. The number of anilines is 1. The lowest BCUT2D eigenvalue weighted by atomic mass is 9.85. The predicted molar refractivity (Wildman–Crippen MR) is 110 cm³/mol. The standard InChI is InChI=1S/C21H30N4O2S/c1-14(26)22-19-5-4-18(28-19)17-12-15-13-24(16-6-10-23(2)11-7-16)20(27)21(15)8-3-9-25(17)21/h4-5,15-17H,3,6-13H2,1-2H3,(H,22,26)/t15-,17-,21-/m0/s1. The van der Waals surface area contributed by atoms with Crippen LogP contribution in [-0.2, 0) is 9.59 Å². The van der Waals surface area contributed by atoms with E-state index in [4.69, 9.17) is 0 Å². The summed E-state index contributed by atoms with van der Waals surface area (Å²) >= 11 is 1.67. The van der Waals surface area contributed by atoms with Gasteiger partial charge in [0.25, 0.3) is 0 Å². The largest absolute Gasteiger partial charge is 0.338 e. The van der Waals surface area contributed by atoms with Gasteiger partial charge in [0.1, 0.15) is 5.54 Å². The van der Waals surface area contributed by atoms with Crippen molar-refractivity contribution in [3.63, 3.8) is 0 Å². The van der Waals surface area contributed by atoms with E-state index in [-0.39, 0.29) is 11.4 Å². The van der Waals surface area contributed by atoms with E-state index in [2.05, 4.69) is 33.1 Å². The van der Waals surface area contributed by atoms with E-state index in [1.165, 1.54) is 4.88 Å². The third-order valence-corrected chi connectivity index (χ3v) is 8.56. The van der Waals surface area contributed by atoms with E-state index in [9.17, 15) is 9.59 Å². The maximum absolute atomic E-state index is 13.7. The SMILES string of the molecule is CC(=O)Nc1ccc([C@@H]2C[C@H]3CN(C4CCN(C)CC4)C(=O)[C@]34CCCN24)s1. The molecule has 2 amide bonds. The van der Waals surface area contributed by atoms with Gasteiger partial charge in [0, 0.05) is 36.3 Å². The van der Waals surface area contributed by atoms with Gasteiger partial charge in [-0.05, 0) is 70.9 Å². The lowest BCUT2D eigenvalue weighted by Crippen LogP contribution is -2.52. The number of carbonyl (C=O) groups is 2. The highest BCUT2D eigenvalue weighted by atomic mass is 32.1. The molecule has 3 atom stereocenters. The Labute approximate surface area is 170 Å². The minimum atomic E-state index is -0.258. The molecule has 4 saturated heterocycles. The molecule has 4 aliphatic rings. The van der Waals surface area contributed by atoms with Crippen molar-refractivity contribution in [2.45, 2.75) is 56.7 Å². The number of hydrogen-bond acceptors (Lipinski definition) is 5. The first-order chi connectivity index (χ1) is 13.5. The van der Waals surface area contributed by atoms with Gasteiger partial charge < -0.3 is 15.1 Å². The fourth-order valence-electron chi connectivity index (χ4n) is 6.19. The summed E-state index contributed by atoms with van der Waals surface area (Å²) in [5.74, 6) is 0.822. The van der Waals surface area contributed by atoms with E-state index in [0.717, 1.165) is 63.3 Å². The number of carbonyl (C=O) groups excluding carboxylic acids is 2. The Morgan fingerprint density at radius 3 is 2.79 bits per heavy atom. The molecule has 0 aliphatic carbocycles. The lowest BCUT2D eigenvalue weighted by molar-refractivity contribution is -0.139. The molecule has 4 aliphatic heterocycles. The third-order valence-electron chi connectivity index (χ3n) is 7.46. The van der Waals surface area contributed by atoms with Gasteiger partial charge in [-0.15, -0.1) is 11.3 Å². The van der Waals surface area contributed by atoms with Crippen molar-refractivity contribution in [1.29, 1.82) is 0 Å². The maximum atomic E-state index is 13.7. The minimum absolute atomic E-state index is 0.0294. The predicted octanol–water partition coefficient (Wildman–Crippen LogP) is 2.54. The number of likely N-dealkylation sites (tertiary alicyclic amines) is 2. The zero-order chi connectivity index (χ0) is 19.5. The van der Waals surface area contributed by atoms with Crippen molar-refractivity contribution < 1.29 is 9.59 Å². The van der Waals surface area contributed by atoms with Crippen LogP contribution in [-0.4, -0.2) is 71.3 Å². The fourth-order valence-corrected chi connectivity index (χ4v) is 7.27. The molecule has 1 N–H and O–H groups in total. The van der Waals surface area contributed by atoms with Crippen LogP contribution in [0.25, 0.3) is 0 Å². The highest BCUT2D eigenvalue weighted by Crippen LogP contribution is 2.57. The molecule has 6 nitrogen and oxygen atoms in total. The molecule has 4 fully saturated rings. The molecule has 1 aromatic rings. The van der Waals surface area contributed by atoms with Gasteiger partial charge in [-0.2, -0.15) is 0 Å². The van der Waals surface area contributed by atoms with Gasteiger partial charge in [-0.1, -0.05) is 0 Å².